The summed E-state index contributed by atoms with van der Waals surface area (Å²) in [6.45, 7) is 3.59. The van der Waals surface area contributed by atoms with Gasteiger partial charge in [-0.15, -0.1) is 0 Å². The third kappa shape index (κ3) is 3.69. The summed E-state index contributed by atoms with van der Waals surface area (Å²) in [5.74, 6) is 0.371. The lowest BCUT2D eigenvalue weighted by atomic mass is 10.1. The zero-order valence-electron chi connectivity index (χ0n) is 19.0. The largest absolute Gasteiger partial charge is 0.369 e. The molecular formula is C26H25FN6O. The normalized spacial score (nSPS) is 15.8. The number of pyridine rings is 2. The van der Waals surface area contributed by atoms with Gasteiger partial charge in [-0.3, -0.25) is 4.79 Å². The second-order valence-corrected chi connectivity index (χ2v) is 9.07. The Morgan fingerprint density at radius 2 is 1.94 bits per heavy atom. The number of benzene rings is 1. The molecule has 0 unspecified atom stereocenters. The number of hydrogen-bond donors (Lipinski definition) is 1. The molecule has 0 bridgehead atoms. The fraction of sp³-hybridized carbons (Fsp3) is 0.308. The maximum atomic E-state index is 14.8. The minimum atomic E-state index is -0.322. The Bertz CT molecular complexity index is 1390. The van der Waals surface area contributed by atoms with Crippen LogP contribution in [-0.4, -0.2) is 38.7 Å². The molecule has 7 nitrogen and oxygen atoms in total. The minimum absolute atomic E-state index is 0.300. The van der Waals surface area contributed by atoms with Gasteiger partial charge in [0, 0.05) is 36.6 Å². The van der Waals surface area contributed by atoms with Crippen molar-refractivity contribution in [3.63, 3.8) is 0 Å². The van der Waals surface area contributed by atoms with E-state index in [1.165, 1.54) is 6.07 Å². The Morgan fingerprint density at radius 3 is 2.65 bits per heavy atom. The van der Waals surface area contributed by atoms with Crippen LogP contribution in [0.5, 0.6) is 0 Å². The van der Waals surface area contributed by atoms with Crippen molar-refractivity contribution in [2.75, 3.05) is 23.3 Å². The standard InChI is InChI=1S/C26H25FN6O/c1-16-24-19(26(34)29-18-9-10-22(20(27)14-18)32-12-4-5-13-32)15-21(17-7-8-17)30-25(24)33(31-16)23-6-2-3-11-28-23/h2-3,6,9-11,14-15,17H,4-5,7-8,12-13H2,1H3,(H,29,34). The van der Waals surface area contributed by atoms with Gasteiger partial charge in [0.05, 0.1) is 22.3 Å². The molecule has 1 aromatic carbocycles. The molecule has 2 fully saturated rings. The van der Waals surface area contributed by atoms with Gasteiger partial charge < -0.3 is 10.2 Å². The summed E-state index contributed by atoms with van der Waals surface area (Å²) in [4.78, 5) is 24.8. The number of amides is 1. The van der Waals surface area contributed by atoms with Gasteiger partial charge in [-0.2, -0.15) is 9.78 Å². The smallest absolute Gasteiger partial charge is 0.256 e. The molecular weight excluding hydrogens is 431 g/mol. The van der Waals surface area contributed by atoms with Crippen LogP contribution in [-0.2, 0) is 0 Å². The van der Waals surface area contributed by atoms with Crippen LogP contribution in [0.4, 0.5) is 15.8 Å². The van der Waals surface area contributed by atoms with Crippen LogP contribution < -0.4 is 10.2 Å². The molecule has 0 atom stereocenters. The van der Waals surface area contributed by atoms with Crippen LogP contribution in [0.2, 0.25) is 0 Å². The molecule has 1 aliphatic carbocycles. The van der Waals surface area contributed by atoms with Crippen molar-refractivity contribution in [1.29, 1.82) is 0 Å². The van der Waals surface area contributed by atoms with E-state index in [-0.39, 0.29) is 11.7 Å². The third-order valence-electron chi connectivity index (χ3n) is 6.59. The number of anilines is 2. The van der Waals surface area contributed by atoms with Crippen LogP contribution in [0.1, 0.15) is 53.3 Å². The van der Waals surface area contributed by atoms with Crippen LogP contribution in [0.3, 0.4) is 0 Å². The fourth-order valence-electron chi connectivity index (χ4n) is 4.71. The van der Waals surface area contributed by atoms with Gasteiger partial charge in [0.1, 0.15) is 5.82 Å². The van der Waals surface area contributed by atoms with Gasteiger partial charge in [0.2, 0.25) is 0 Å². The number of nitrogens with one attached hydrogen (secondary N) is 1. The maximum absolute atomic E-state index is 14.8. The summed E-state index contributed by atoms with van der Waals surface area (Å²) in [6.07, 6.45) is 5.96. The highest BCUT2D eigenvalue weighted by Gasteiger charge is 2.29. The molecule has 4 aromatic rings. The number of rotatable bonds is 5. The Balaban J connectivity index is 1.39. The second kappa shape index (κ2) is 8.20. The summed E-state index contributed by atoms with van der Waals surface area (Å²) >= 11 is 0. The fourth-order valence-corrected chi connectivity index (χ4v) is 4.71. The number of aromatic nitrogens is 4. The first-order valence-corrected chi connectivity index (χ1v) is 11.8. The summed E-state index contributed by atoms with van der Waals surface area (Å²) in [6, 6.07) is 12.4. The average Bonchev–Trinajstić information content (AvgIpc) is 3.46. The lowest BCUT2D eigenvalue weighted by molar-refractivity contribution is 0.102. The first-order chi connectivity index (χ1) is 16.6. The summed E-state index contributed by atoms with van der Waals surface area (Å²) in [7, 11) is 0. The zero-order valence-corrected chi connectivity index (χ0v) is 19.0. The summed E-state index contributed by atoms with van der Waals surface area (Å²) in [5, 5.41) is 8.22. The number of carbonyl (C=O) groups is 1. The first kappa shape index (κ1) is 20.8. The van der Waals surface area contributed by atoms with Crippen molar-refractivity contribution >= 4 is 28.3 Å². The topological polar surface area (TPSA) is 75.9 Å². The molecule has 1 N–H and O–H groups in total. The van der Waals surface area contributed by atoms with E-state index < -0.39 is 0 Å². The molecule has 8 heteroatoms. The number of halogens is 1. The molecule has 0 radical (unpaired) electrons. The minimum Gasteiger partial charge on any atom is -0.369 e. The monoisotopic (exact) mass is 456 g/mol. The third-order valence-corrected chi connectivity index (χ3v) is 6.59. The average molecular weight is 457 g/mol. The van der Waals surface area contributed by atoms with Gasteiger partial charge in [0.25, 0.3) is 5.91 Å². The molecule has 1 aliphatic heterocycles. The molecule has 1 amide bonds. The highest BCUT2D eigenvalue weighted by Crippen LogP contribution is 2.41. The summed E-state index contributed by atoms with van der Waals surface area (Å²) in [5.41, 5.74) is 3.70. The van der Waals surface area contributed by atoms with Crippen molar-refractivity contribution in [3.8, 4) is 5.82 Å². The Morgan fingerprint density at radius 1 is 1.12 bits per heavy atom. The molecule has 1 saturated heterocycles. The van der Waals surface area contributed by atoms with E-state index in [1.54, 1.807) is 23.0 Å². The predicted molar refractivity (Wildman–Crippen MR) is 129 cm³/mol. The Hall–Kier alpha value is -3.81. The van der Waals surface area contributed by atoms with Gasteiger partial charge in [-0.25, -0.2) is 14.4 Å². The predicted octanol–water partition coefficient (Wildman–Crippen LogP) is 4.99. The van der Waals surface area contributed by atoms with Crippen molar-refractivity contribution < 1.29 is 9.18 Å². The zero-order chi connectivity index (χ0) is 23.2. The molecule has 34 heavy (non-hydrogen) atoms. The summed E-state index contributed by atoms with van der Waals surface area (Å²) < 4.78 is 16.5. The lowest BCUT2D eigenvalue weighted by Crippen LogP contribution is -2.19. The van der Waals surface area contributed by atoms with Crippen molar-refractivity contribution in [3.05, 3.63) is 71.4 Å². The van der Waals surface area contributed by atoms with E-state index in [0.717, 1.165) is 44.5 Å². The molecule has 4 heterocycles. The van der Waals surface area contributed by atoms with E-state index in [2.05, 4.69) is 15.4 Å². The molecule has 3 aromatic heterocycles. The van der Waals surface area contributed by atoms with E-state index in [9.17, 15) is 9.18 Å². The number of hydrogen-bond acceptors (Lipinski definition) is 5. The second-order valence-electron chi connectivity index (χ2n) is 9.07. The van der Waals surface area contributed by atoms with Crippen LogP contribution in [0.15, 0.2) is 48.7 Å². The highest BCUT2D eigenvalue weighted by molar-refractivity contribution is 6.13. The number of nitrogens with zero attached hydrogens (tertiary/aromatic N) is 5. The van der Waals surface area contributed by atoms with Crippen molar-refractivity contribution in [2.24, 2.45) is 0 Å². The highest BCUT2D eigenvalue weighted by atomic mass is 19.1. The van der Waals surface area contributed by atoms with E-state index in [4.69, 9.17) is 4.98 Å². The quantitative estimate of drug-likeness (QED) is 0.458. The van der Waals surface area contributed by atoms with Gasteiger partial charge in [-0.05, 0) is 69.0 Å². The molecule has 6 rings (SSSR count). The molecule has 172 valence electrons. The Kier molecular flexibility index (Phi) is 5.01. The van der Waals surface area contributed by atoms with Crippen LogP contribution in [0.25, 0.3) is 16.9 Å². The van der Waals surface area contributed by atoms with Crippen molar-refractivity contribution in [1.82, 2.24) is 19.7 Å². The molecule has 1 saturated carbocycles. The van der Waals surface area contributed by atoms with Crippen molar-refractivity contribution in [2.45, 2.75) is 38.5 Å². The van der Waals surface area contributed by atoms with E-state index in [0.29, 0.717) is 45.4 Å². The lowest BCUT2D eigenvalue weighted by Gasteiger charge is -2.19. The molecule has 0 spiro atoms. The SMILES string of the molecule is Cc1nn(-c2ccccn2)c2nc(C3CC3)cc(C(=O)Nc3ccc(N4CCCC4)c(F)c3)c12. The maximum Gasteiger partial charge on any atom is 0.256 e. The van der Waals surface area contributed by atoms with Gasteiger partial charge in [-0.1, -0.05) is 6.07 Å². The van der Waals surface area contributed by atoms with E-state index in [1.807, 2.05) is 36.1 Å². The van der Waals surface area contributed by atoms with Crippen LogP contribution in [0, 0.1) is 12.7 Å². The Labute approximate surface area is 196 Å². The van der Waals surface area contributed by atoms with E-state index >= 15 is 0 Å². The van der Waals surface area contributed by atoms with Gasteiger partial charge in [0.15, 0.2) is 11.5 Å². The number of aryl methyl sites for hydroxylation is 1. The van der Waals surface area contributed by atoms with Gasteiger partial charge >= 0.3 is 0 Å². The molecule has 2 aliphatic rings. The number of carbonyl (C=O) groups excluding carboxylic acids is 1. The first-order valence-electron chi connectivity index (χ1n) is 11.8. The van der Waals surface area contributed by atoms with Crippen LogP contribution >= 0.6 is 0 Å². The number of fused-ring (bicyclic) bond motifs is 1.